The molecule has 0 fully saturated rings. The van der Waals surface area contributed by atoms with Crippen LogP contribution >= 0.6 is 0 Å². The summed E-state index contributed by atoms with van der Waals surface area (Å²) in [6.07, 6.45) is 3.18. The van der Waals surface area contributed by atoms with E-state index in [1.54, 1.807) is 39.2 Å². The first-order valence-corrected chi connectivity index (χ1v) is 7.05. The lowest BCUT2D eigenvalue weighted by Gasteiger charge is -2.20. The van der Waals surface area contributed by atoms with Crippen LogP contribution in [0, 0.1) is 0 Å². The van der Waals surface area contributed by atoms with E-state index in [4.69, 9.17) is 4.74 Å². The molecule has 1 heterocycles. The average Bonchev–Trinajstić information content (AvgIpc) is 2.44. The second-order valence-electron chi connectivity index (χ2n) is 5.66. The Balaban J connectivity index is 2.17. The van der Waals surface area contributed by atoms with Crippen molar-refractivity contribution in [1.82, 2.24) is 20.6 Å². The Morgan fingerprint density at radius 3 is 2.43 bits per heavy atom. The van der Waals surface area contributed by atoms with Crippen LogP contribution in [-0.4, -0.2) is 46.6 Å². The molecule has 0 aliphatic rings. The molecular formula is C14H21N5O4. The Labute approximate surface area is 134 Å². The van der Waals surface area contributed by atoms with E-state index < -0.39 is 30.1 Å². The van der Waals surface area contributed by atoms with Gasteiger partial charge in [0.2, 0.25) is 5.95 Å². The molecule has 0 aromatic carbocycles. The van der Waals surface area contributed by atoms with Crippen LogP contribution in [0.1, 0.15) is 27.2 Å². The van der Waals surface area contributed by atoms with Crippen LogP contribution in [0.5, 0.6) is 0 Å². The molecule has 3 N–H and O–H groups in total. The molecule has 1 rings (SSSR count). The molecule has 0 radical (unpaired) electrons. The third-order valence-corrected chi connectivity index (χ3v) is 2.28. The van der Waals surface area contributed by atoms with E-state index in [-0.39, 0.29) is 13.0 Å². The topological polar surface area (TPSA) is 122 Å². The minimum atomic E-state index is -0.695. The van der Waals surface area contributed by atoms with Crippen molar-refractivity contribution in [1.29, 1.82) is 0 Å². The number of carbonyl (C=O) groups is 3. The van der Waals surface area contributed by atoms with Crippen LogP contribution in [0.2, 0.25) is 0 Å². The summed E-state index contributed by atoms with van der Waals surface area (Å²) in [5.41, 5.74) is -0.466. The fourth-order valence-corrected chi connectivity index (χ4v) is 1.42. The zero-order valence-corrected chi connectivity index (χ0v) is 13.4. The number of carbonyl (C=O) groups excluding carboxylic acids is 3. The van der Waals surface area contributed by atoms with Gasteiger partial charge in [0.25, 0.3) is 5.91 Å². The van der Waals surface area contributed by atoms with Gasteiger partial charge in [0.1, 0.15) is 0 Å². The largest absolute Gasteiger partial charge is 0.456 e. The fourth-order valence-electron chi connectivity index (χ4n) is 1.42. The molecule has 0 atom stereocenters. The van der Waals surface area contributed by atoms with Gasteiger partial charge in [0.15, 0.2) is 6.61 Å². The normalized spacial score (nSPS) is 10.6. The van der Waals surface area contributed by atoms with E-state index >= 15 is 0 Å². The van der Waals surface area contributed by atoms with Crippen LogP contribution in [-0.2, 0) is 14.3 Å². The average molecular weight is 323 g/mol. The van der Waals surface area contributed by atoms with Crippen LogP contribution in [0.15, 0.2) is 18.5 Å². The number of aromatic nitrogens is 2. The number of esters is 1. The van der Waals surface area contributed by atoms with Crippen molar-refractivity contribution in [3.8, 4) is 0 Å². The van der Waals surface area contributed by atoms with Gasteiger partial charge in [0.05, 0.1) is 6.42 Å². The number of hydrogen-bond donors (Lipinski definition) is 3. The van der Waals surface area contributed by atoms with Gasteiger partial charge in [-0.15, -0.1) is 0 Å². The van der Waals surface area contributed by atoms with E-state index in [0.29, 0.717) is 5.95 Å². The predicted molar refractivity (Wildman–Crippen MR) is 82.5 cm³/mol. The van der Waals surface area contributed by atoms with E-state index in [2.05, 4.69) is 25.9 Å². The van der Waals surface area contributed by atoms with Gasteiger partial charge in [-0.3, -0.25) is 14.9 Å². The highest BCUT2D eigenvalue weighted by Gasteiger charge is 2.16. The van der Waals surface area contributed by atoms with Crippen molar-refractivity contribution in [3.63, 3.8) is 0 Å². The summed E-state index contributed by atoms with van der Waals surface area (Å²) in [6, 6.07) is 1.04. The zero-order valence-electron chi connectivity index (χ0n) is 13.4. The highest BCUT2D eigenvalue weighted by Crippen LogP contribution is 1.97. The Kier molecular flexibility index (Phi) is 6.91. The van der Waals surface area contributed by atoms with Crippen molar-refractivity contribution in [3.05, 3.63) is 18.5 Å². The van der Waals surface area contributed by atoms with Crippen LogP contribution in [0.25, 0.3) is 0 Å². The maximum atomic E-state index is 11.5. The summed E-state index contributed by atoms with van der Waals surface area (Å²) < 4.78 is 4.76. The lowest BCUT2D eigenvalue weighted by molar-refractivity contribution is -0.148. The third kappa shape index (κ3) is 9.02. The standard InChI is InChI=1S/C14H21N5O4/c1-14(2,3)19-13(22)18-10(20)9-23-11(21)5-8-17-12-15-6-4-7-16-12/h4,6-7H,5,8-9H2,1-3H3,(H,15,16,17)(H2,18,19,20,22). The quantitative estimate of drug-likeness (QED) is 0.649. The number of hydrogen-bond acceptors (Lipinski definition) is 7. The zero-order chi connectivity index (χ0) is 17.3. The molecule has 0 saturated carbocycles. The van der Waals surface area contributed by atoms with Crippen molar-refractivity contribution in [2.24, 2.45) is 0 Å². The molecular weight excluding hydrogens is 302 g/mol. The summed E-state index contributed by atoms with van der Waals surface area (Å²) in [7, 11) is 0. The molecule has 0 spiro atoms. The number of rotatable bonds is 6. The van der Waals surface area contributed by atoms with Gasteiger partial charge in [-0.25, -0.2) is 14.8 Å². The molecule has 3 amide bonds. The monoisotopic (exact) mass is 323 g/mol. The molecule has 0 unspecified atom stereocenters. The van der Waals surface area contributed by atoms with Gasteiger partial charge in [-0.2, -0.15) is 0 Å². The molecule has 1 aromatic heterocycles. The molecule has 0 saturated heterocycles. The molecule has 0 aliphatic carbocycles. The number of amides is 3. The van der Waals surface area contributed by atoms with Gasteiger partial charge < -0.3 is 15.4 Å². The summed E-state index contributed by atoms with van der Waals surface area (Å²) in [5.74, 6) is -0.865. The van der Waals surface area contributed by atoms with Crippen molar-refractivity contribution in [2.75, 3.05) is 18.5 Å². The highest BCUT2D eigenvalue weighted by molar-refractivity contribution is 5.95. The van der Waals surface area contributed by atoms with Crippen molar-refractivity contribution in [2.45, 2.75) is 32.7 Å². The molecule has 9 heteroatoms. The van der Waals surface area contributed by atoms with Crippen LogP contribution in [0.4, 0.5) is 10.7 Å². The Morgan fingerprint density at radius 1 is 1.17 bits per heavy atom. The van der Waals surface area contributed by atoms with E-state index in [1.165, 1.54) is 0 Å². The van der Waals surface area contributed by atoms with Gasteiger partial charge >= 0.3 is 12.0 Å². The SMILES string of the molecule is CC(C)(C)NC(=O)NC(=O)COC(=O)CCNc1ncccn1. The summed E-state index contributed by atoms with van der Waals surface area (Å²) in [5, 5.41) is 7.46. The van der Waals surface area contributed by atoms with E-state index in [1.807, 2.05) is 0 Å². The molecule has 23 heavy (non-hydrogen) atoms. The minimum absolute atomic E-state index is 0.0414. The Bertz CT molecular complexity index is 542. The maximum Gasteiger partial charge on any atom is 0.321 e. The smallest absolute Gasteiger partial charge is 0.321 e. The Hall–Kier alpha value is -2.71. The van der Waals surface area contributed by atoms with Crippen LogP contribution in [0.3, 0.4) is 0 Å². The van der Waals surface area contributed by atoms with Gasteiger partial charge in [0, 0.05) is 24.5 Å². The Morgan fingerprint density at radius 2 is 1.83 bits per heavy atom. The maximum absolute atomic E-state index is 11.5. The van der Waals surface area contributed by atoms with E-state index in [9.17, 15) is 14.4 Å². The number of nitrogens with one attached hydrogen (secondary N) is 3. The lowest BCUT2D eigenvalue weighted by atomic mass is 10.1. The first-order valence-electron chi connectivity index (χ1n) is 7.05. The number of nitrogens with zero attached hydrogens (tertiary/aromatic N) is 2. The number of urea groups is 1. The van der Waals surface area contributed by atoms with E-state index in [0.717, 1.165) is 0 Å². The molecule has 1 aromatic rings. The second kappa shape index (κ2) is 8.66. The van der Waals surface area contributed by atoms with Crippen LogP contribution < -0.4 is 16.0 Å². The summed E-state index contributed by atoms with van der Waals surface area (Å²) in [4.78, 5) is 42.2. The second-order valence-corrected chi connectivity index (χ2v) is 5.66. The third-order valence-electron chi connectivity index (χ3n) is 2.28. The molecule has 126 valence electrons. The lowest BCUT2D eigenvalue weighted by Crippen LogP contribution is -2.49. The first kappa shape index (κ1) is 18.3. The number of imide groups is 1. The van der Waals surface area contributed by atoms with Crippen molar-refractivity contribution >= 4 is 23.9 Å². The minimum Gasteiger partial charge on any atom is -0.456 e. The summed E-state index contributed by atoms with van der Waals surface area (Å²) in [6.45, 7) is 5.09. The van der Waals surface area contributed by atoms with Gasteiger partial charge in [-0.05, 0) is 26.8 Å². The fraction of sp³-hybridized carbons (Fsp3) is 0.500. The summed E-state index contributed by atoms with van der Waals surface area (Å²) >= 11 is 0. The number of anilines is 1. The van der Waals surface area contributed by atoms with Crippen molar-refractivity contribution < 1.29 is 19.1 Å². The predicted octanol–water partition coefficient (Wildman–Crippen LogP) is 0.446. The van der Waals surface area contributed by atoms with Gasteiger partial charge in [-0.1, -0.05) is 0 Å². The molecule has 0 bridgehead atoms. The molecule has 9 nitrogen and oxygen atoms in total. The number of ether oxygens (including phenoxy) is 1. The first-order chi connectivity index (χ1) is 10.8. The molecule has 0 aliphatic heterocycles. The highest BCUT2D eigenvalue weighted by atomic mass is 16.5.